The van der Waals surface area contributed by atoms with E-state index in [9.17, 15) is 9.59 Å². The second-order valence-electron chi connectivity index (χ2n) is 7.98. The lowest BCUT2D eigenvalue weighted by molar-refractivity contribution is 0.0843. The quantitative estimate of drug-likeness (QED) is 0.301. The van der Waals surface area contributed by atoms with E-state index in [1.165, 1.54) is 21.3 Å². The van der Waals surface area contributed by atoms with Crippen LogP contribution in [-0.2, 0) is 0 Å². The Kier molecular flexibility index (Phi) is 7.97. The lowest BCUT2D eigenvalue weighted by Gasteiger charge is -2.15. The van der Waals surface area contributed by atoms with Gasteiger partial charge in [-0.3, -0.25) is 25.4 Å². The zero-order chi connectivity index (χ0) is 27.1. The summed E-state index contributed by atoms with van der Waals surface area (Å²) in [4.78, 5) is 38.7. The minimum atomic E-state index is -0.624. The number of amides is 2. The van der Waals surface area contributed by atoms with Gasteiger partial charge in [0.25, 0.3) is 11.8 Å². The van der Waals surface area contributed by atoms with Crippen molar-refractivity contribution in [2.45, 2.75) is 6.92 Å². The number of aryl methyl sites for hydroxylation is 1. The molecule has 0 saturated carbocycles. The predicted molar refractivity (Wildman–Crippen MR) is 141 cm³/mol. The van der Waals surface area contributed by atoms with E-state index in [2.05, 4.69) is 31.1 Å². The number of pyridine rings is 1. The van der Waals surface area contributed by atoms with E-state index in [1.807, 2.05) is 19.1 Å². The molecule has 0 radical (unpaired) electrons. The number of hydrazine groups is 1. The van der Waals surface area contributed by atoms with Crippen LogP contribution < -0.4 is 30.4 Å². The molecular formula is C27H26N6O5. The van der Waals surface area contributed by atoms with Crippen LogP contribution in [0.5, 0.6) is 17.2 Å². The van der Waals surface area contributed by atoms with Crippen LogP contribution in [0.3, 0.4) is 0 Å². The summed E-state index contributed by atoms with van der Waals surface area (Å²) in [5.74, 6) is 0.109. The minimum Gasteiger partial charge on any atom is -0.496 e. The molecule has 4 aromatic rings. The number of anilines is 2. The van der Waals surface area contributed by atoms with Crippen molar-refractivity contribution in [3.05, 3.63) is 83.8 Å². The molecule has 0 unspecified atom stereocenters. The second kappa shape index (κ2) is 11.7. The van der Waals surface area contributed by atoms with Crippen molar-refractivity contribution >= 4 is 23.5 Å². The van der Waals surface area contributed by atoms with E-state index < -0.39 is 11.8 Å². The highest BCUT2D eigenvalue weighted by Crippen LogP contribution is 2.33. The fraction of sp³-hybridized carbons (Fsp3) is 0.148. The van der Waals surface area contributed by atoms with Gasteiger partial charge in [-0.1, -0.05) is 6.07 Å². The predicted octanol–water partition coefficient (Wildman–Crippen LogP) is 3.69. The number of benzene rings is 2. The molecule has 2 aromatic heterocycles. The number of ether oxygens (including phenoxy) is 3. The van der Waals surface area contributed by atoms with Gasteiger partial charge in [0.1, 0.15) is 22.8 Å². The van der Waals surface area contributed by atoms with Gasteiger partial charge in [0.2, 0.25) is 5.95 Å². The first kappa shape index (κ1) is 25.9. The van der Waals surface area contributed by atoms with Crippen molar-refractivity contribution in [1.29, 1.82) is 0 Å². The second-order valence-corrected chi connectivity index (χ2v) is 7.98. The molecule has 2 aromatic carbocycles. The van der Waals surface area contributed by atoms with Crippen molar-refractivity contribution in [2.75, 3.05) is 26.6 Å². The maximum Gasteiger partial charge on any atom is 0.277 e. The summed E-state index contributed by atoms with van der Waals surface area (Å²) in [6, 6.07) is 13.7. The number of hydrogen-bond donors (Lipinski definition) is 3. The normalized spacial score (nSPS) is 10.3. The average molecular weight is 515 g/mol. The van der Waals surface area contributed by atoms with Gasteiger partial charge in [-0.15, -0.1) is 0 Å². The van der Waals surface area contributed by atoms with Crippen molar-refractivity contribution < 1.29 is 23.8 Å². The molecule has 11 nitrogen and oxygen atoms in total. The molecule has 4 rings (SSSR count). The Morgan fingerprint density at radius 2 is 1.58 bits per heavy atom. The highest BCUT2D eigenvalue weighted by atomic mass is 16.5. The first-order valence-electron chi connectivity index (χ1n) is 11.4. The molecule has 0 fully saturated rings. The fourth-order valence-electron chi connectivity index (χ4n) is 3.59. The Morgan fingerprint density at radius 1 is 0.842 bits per heavy atom. The monoisotopic (exact) mass is 514 g/mol. The fourth-order valence-corrected chi connectivity index (χ4v) is 3.59. The molecule has 11 heteroatoms. The summed E-state index contributed by atoms with van der Waals surface area (Å²) in [5, 5.41) is 3.15. The van der Waals surface area contributed by atoms with E-state index in [-0.39, 0.29) is 17.1 Å². The van der Waals surface area contributed by atoms with Gasteiger partial charge in [0, 0.05) is 47.5 Å². The molecule has 0 aliphatic heterocycles. The maximum absolute atomic E-state index is 12.9. The smallest absolute Gasteiger partial charge is 0.277 e. The van der Waals surface area contributed by atoms with Gasteiger partial charge >= 0.3 is 0 Å². The molecule has 3 N–H and O–H groups in total. The molecule has 2 heterocycles. The number of rotatable bonds is 8. The zero-order valence-corrected chi connectivity index (χ0v) is 21.2. The van der Waals surface area contributed by atoms with Crippen LogP contribution >= 0.6 is 0 Å². The van der Waals surface area contributed by atoms with Crippen LogP contribution in [0, 0.1) is 6.92 Å². The molecule has 38 heavy (non-hydrogen) atoms. The van der Waals surface area contributed by atoms with Crippen molar-refractivity contribution in [2.24, 2.45) is 0 Å². The third-order valence-corrected chi connectivity index (χ3v) is 5.59. The number of carbonyl (C=O) groups excluding carboxylic acids is 2. The Labute approximate surface area is 219 Å². The van der Waals surface area contributed by atoms with E-state index in [0.717, 1.165) is 11.1 Å². The number of carbonyl (C=O) groups is 2. The van der Waals surface area contributed by atoms with Crippen LogP contribution in [-0.4, -0.2) is 48.1 Å². The Hall–Kier alpha value is -5.19. The van der Waals surface area contributed by atoms with Gasteiger partial charge < -0.3 is 19.5 Å². The molecule has 0 bridgehead atoms. The van der Waals surface area contributed by atoms with Crippen LogP contribution in [0.4, 0.5) is 11.6 Å². The van der Waals surface area contributed by atoms with Gasteiger partial charge in [0.05, 0.1) is 27.0 Å². The maximum atomic E-state index is 12.9. The van der Waals surface area contributed by atoms with Crippen molar-refractivity contribution in [3.63, 3.8) is 0 Å². The third-order valence-electron chi connectivity index (χ3n) is 5.59. The standard InChI is InChI=1S/C27H26N6O5/c1-16-7-8-17(12-21(16)31-27-29-11-9-20(30-27)18-6-5-10-28-15-18)25(34)32-33-26(35)24-22(37-3)13-19(36-2)14-23(24)38-4/h5-15H,1-4H3,(H,32,34)(H,33,35)(H,29,30,31). The number of aromatic nitrogens is 3. The molecule has 2 amide bonds. The summed E-state index contributed by atoms with van der Waals surface area (Å²) in [6.07, 6.45) is 5.05. The number of nitrogens with zero attached hydrogens (tertiary/aromatic N) is 3. The minimum absolute atomic E-state index is 0.105. The third kappa shape index (κ3) is 5.78. The van der Waals surface area contributed by atoms with Gasteiger partial charge in [0.15, 0.2) is 0 Å². The van der Waals surface area contributed by atoms with Crippen molar-refractivity contribution in [1.82, 2.24) is 25.8 Å². The van der Waals surface area contributed by atoms with E-state index in [1.54, 1.807) is 55.0 Å². The Balaban J connectivity index is 1.49. The van der Waals surface area contributed by atoms with Crippen LogP contribution in [0.1, 0.15) is 26.3 Å². The summed E-state index contributed by atoms with van der Waals surface area (Å²) in [5.41, 5.74) is 8.29. The average Bonchev–Trinajstić information content (AvgIpc) is 2.96. The molecule has 0 aliphatic carbocycles. The number of hydrogen-bond acceptors (Lipinski definition) is 9. The van der Waals surface area contributed by atoms with Crippen LogP contribution in [0.25, 0.3) is 11.3 Å². The Bertz CT molecular complexity index is 1440. The van der Waals surface area contributed by atoms with Gasteiger partial charge in [-0.25, -0.2) is 9.97 Å². The summed E-state index contributed by atoms with van der Waals surface area (Å²) in [7, 11) is 4.32. The lowest BCUT2D eigenvalue weighted by Crippen LogP contribution is -2.41. The van der Waals surface area contributed by atoms with Crippen molar-refractivity contribution in [3.8, 4) is 28.5 Å². The van der Waals surface area contributed by atoms with E-state index in [0.29, 0.717) is 28.6 Å². The van der Waals surface area contributed by atoms with Crippen LogP contribution in [0.15, 0.2) is 67.1 Å². The summed E-state index contributed by atoms with van der Waals surface area (Å²) < 4.78 is 15.8. The molecular weight excluding hydrogens is 488 g/mol. The number of methoxy groups -OCH3 is 3. The molecule has 0 atom stereocenters. The molecule has 0 saturated heterocycles. The largest absolute Gasteiger partial charge is 0.496 e. The lowest BCUT2D eigenvalue weighted by atomic mass is 10.1. The highest BCUT2D eigenvalue weighted by molar-refractivity contribution is 6.02. The molecule has 0 spiro atoms. The molecule has 194 valence electrons. The Morgan fingerprint density at radius 3 is 2.24 bits per heavy atom. The first-order chi connectivity index (χ1) is 18.4. The molecule has 0 aliphatic rings. The topological polar surface area (TPSA) is 137 Å². The zero-order valence-electron chi connectivity index (χ0n) is 21.2. The van der Waals surface area contributed by atoms with E-state index in [4.69, 9.17) is 14.2 Å². The first-order valence-corrected chi connectivity index (χ1v) is 11.4. The van der Waals surface area contributed by atoms with Crippen LogP contribution in [0.2, 0.25) is 0 Å². The van der Waals surface area contributed by atoms with Gasteiger partial charge in [-0.2, -0.15) is 0 Å². The van der Waals surface area contributed by atoms with Gasteiger partial charge in [-0.05, 0) is 42.8 Å². The number of nitrogens with one attached hydrogen (secondary N) is 3. The summed E-state index contributed by atoms with van der Waals surface area (Å²) in [6.45, 7) is 1.89. The highest BCUT2D eigenvalue weighted by Gasteiger charge is 2.21. The van der Waals surface area contributed by atoms with E-state index >= 15 is 0 Å². The SMILES string of the molecule is COc1cc(OC)c(C(=O)NNC(=O)c2ccc(C)c(Nc3nccc(-c4cccnc4)n3)c2)c(OC)c1. The summed E-state index contributed by atoms with van der Waals surface area (Å²) >= 11 is 0.